The number of rotatable bonds is 4. The molecule has 1 aromatic heterocycles. The third-order valence-electron chi connectivity index (χ3n) is 1.84. The first-order valence-electron chi connectivity index (χ1n) is 4.23. The smallest absolute Gasteiger partial charge is 0.141 e. The molecule has 0 spiro atoms. The van der Waals surface area contributed by atoms with E-state index >= 15 is 0 Å². The maximum absolute atomic E-state index is 12.5. The second-order valence-electron chi connectivity index (χ2n) is 2.93. The minimum absolute atomic E-state index is 0.265. The third kappa shape index (κ3) is 2.94. The molecule has 0 saturated heterocycles. The standard InChI is InChI=1S/C9H12FNO2S/c10-6-1-2-7(11-5-6)9(13)8(12)3-4-14/h1-2,5,8-9,12-14H,3-4H2. The maximum atomic E-state index is 12.5. The first-order chi connectivity index (χ1) is 6.65. The lowest BCUT2D eigenvalue weighted by atomic mass is 10.1. The van der Waals surface area contributed by atoms with Gasteiger partial charge in [0.1, 0.15) is 11.9 Å². The van der Waals surface area contributed by atoms with E-state index in [1.54, 1.807) is 0 Å². The fourth-order valence-corrected chi connectivity index (χ4v) is 1.31. The van der Waals surface area contributed by atoms with Gasteiger partial charge >= 0.3 is 0 Å². The highest BCUT2D eigenvalue weighted by atomic mass is 32.1. The highest BCUT2D eigenvalue weighted by molar-refractivity contribution is 7.80. The van der Waals surface area contributed by atoms with Crippen LogP contribution >= 0.6 is 12.6 Å². The number of pyridine rings is 1. The molecule has 0 radical (unpaired) electrons. The number of hydrogen-bond acceptors (Lipinski definition) is 4. The van der Waals surface area contributed by atoms with E-state index in [0.29, 0.717) is 12.2 Å². The minimum atomic E-state index is -1.08. The van der Waals surface area contributed by atoms with Crippen molar-refractivity contribution in [1.29, 1.82) is 0 Å². The van der Waals surface area contributed by atoms with Crippen LogP contribution in [-0.4, -0.2) is 27.1 Å². The molecular weight excluding hydrogens is 205 g/mol. The Morgan fingerprint density at radius 1 is 1.43 bits per heavy atom. The van der Waals surface area contributed by atoms with Crippen LogP contribution in [0.25, 0.3) is 0 Å². The lowest BCUT2D eigenvalue weighted by Crippen LogP contribution is -2.19. The van der Waals surface area contributed by atoms with Crippen LogP contribution in [0.2, 0.25) is 0 Å². The van der Waals surface area contributed by atoms with Crippen molar-refractivity contribution in [3.05, 3.63) is 29.8 Å². The molecule has 3 nitrogen and oxygen atoms in total. The quantitative estimate of drug-likeness (QED) is 0.658. The molecule has 0 saturated carbocycles. The van der Waals surface area contributed by atoms with Crippen LogP contribution in [0.5, 0.6) is 0 Å². The summed E-state index contributed by atoms with van der Waals surface area (Å²) in [7, 11) is 0. The Balaban J connectivity index is 2.68. The molecule has 2 unspecified atom stereocenters. The van der Waals surface area contributed by atoms with Crippen molar-refractivity contribution in [3.8, 4) is 0 Å². The molecule has 1 heterocycles. The molecule has 0 aliphatic carbocycles. The fourth-order valence-electron chi connectivity index (χ4n) is 1.05. The fraction of sp³-hybridized carbons (Fsp3) is 0.444. The summed E-state index contributed by atoms with van der Waals surface area (Å²) in [5, 5.41) is 18.9. The van der Waals surface area contributed by atoms with Crippen LogP contribution in [0.1, 0.15) is 18.2 Å². The summed E-state index contributed by atoms with van der Waals surface area (Å²) in [6.45, 7) is 0. The average molecular weight is 217 g/mol. The zero-order chi connectivity index (χ0) is 10.6. The second-order valence-corrected chi connectivity index (χ2v) is 3.37. The van der Waals surface area contributed by atoms with Crippen molar-refractivity contribution in [1.82, 2.24) is 4.98 Å². The van der Waals surface area contributed by atoms with Crippen LogP contribution in [-0.2, 0) is 0 Å². The Labute approximate surface area is 87.0 Å². The summed E-state index contributed by atoms with van der Waals surface area (Å²) < 4.78 is 12.5. The Morgan fingerprint density at radius 3 is 2.64 bits per heavy atom. The predicted octanol–water partition coefficient (Wildman–Crippen LogP) is 0.935. The van der Waals surface area contributed by atoms with Gasteiger partial charge in [-0.1, -0.05) is 0 Å². The molecule has 1 rings (SSSR count). The van der Waals surface area contributed by atoms with Crippen molar-refractivity contribution in [2.24, 2.45) is 0 Å². The summed E-state index contributed by atoms with van der Waals surface area (Å²) in [6, 6.07) is 2.54. The van der Waals surface area contributed by atoms with Crippen LogP contribution in [0, 0.1) is 5.82 Å². The molecule has 5 heteroatoms. The Hall–Kier alpha value is -0.650. The van der Waals surface area contributed by atoms with Crippen molar-refractivity contribution in [2.45, 2.75) is 18.6 Å². The van der Waals surface area contributed by atoms with E-state index < -0.39 is 18.0 Å². The van der Waals surface area contributed by atoms with Crippen LogP contribution in [0.3, 0.4) is 0 Å². The highest BCUT2D eigenvalue weighted by Gasteiger charge is 2.18. The van der Waals surface area contributed by atoms with E-state index in [4.69, 9.17) is 0 Å². The summed E-state index contributed by atoms with van der Waals surface area (Å²) in [6.07, 6.45) is -0.622. The van der Waals surface area contributed by atoms with Gasteiger partial charge in [0.15, 0.2) is 0 Å². The number of halogens is 1. The largest absolute Gasteiger partial charge is 0.390 e. The topological polar surface area (TPSA) is 53.4 Å². The van der Waals surface area contributed by atoms with Crippen LogP contribution in [0.15, 0.2) is 18.3 Å². The summed E-state index contributed by atoms with van der Waals surface area (Å²) in [5.74, 6) is 0.00372. The van der Waals surface area contributed by atoms with E-state index in [1.807, 2.05) is 0 Å². The number of aliphatic hydroxyl groups is 2. The van der Waals surface area contributed by atoms with Crippen molar-refractivity contribution in [3.63, 3.8) is 0 Å². The first-order valence-corrected chi connectivity index (χ1v) is 4.87. The molecule has 0 aliphatic rings. The Morgan fingerprint density at radius 2 is 2.14 bits per heavy atom. The van der Waals surface area contributed by atoms with Gasteiger partial charge in [0, 0.05) is 0 Å². The van der Waals surface area contributed by atoms with Gasteiger partial charge in [-0.25, -0.2) is 4.39 Å². The van der Waals surface area contributed by atoms with Crippen molar-refractivity contribution >= 4 is 12.6 Å². The van der Waals surface area contributed by atoms with E-state index in [1.165, 1.54) is 12.1 Å². The Kier molecular flexibility index (Phi) is 4.31. The van der Waals surface area contributed by atoms with E-state index in [2.05, 4.69) is 17.6 Å². The molecule has 0 aromatic carbocycles. The van der Waals surface area contributed by atoms with Crippen LogP contribution < -0.4 is 0 Å². The predicted molar refractivity (Wildman–Crippen MR) is 53.6 cm³/mol. The van der Waals surface area contributed by atoms with Gasteiger partial charge in [0.2, 0.25) is 0 Å². The molecule has 0 amide bonds. The summed E-state index contributed by atoms with van der Waals surface area (Å²) in [5.41, 5.74) is 0.265. The molecule has 0 fully saturated rings. The third-order valence-corrected chi connectivity index (χ3v) is 2.10. The van der Waals surface area contributed by atoms with Crippen molar-refractivity contribution in [2.75, 3.05) is 5.75 Å². The second kappa shape index (κ2) is 5.29. The SMILES string of the molecule is OC(CCS)C(O)c1ccc(F)cn1. The van der Waals surface area contributed by atoms with Crippen LogP contribution in [0.4, 0.5) is 4.39 Å². The lowest BCUT2D eigenvalue weighted by Gasteiger charge is -2.15. The van der Waals surface area contributed by atoms with Gasteiger partial charge in [-0.15, -0.1) is 0 Å². The zero-order valence-electron chi connectivity index (χ0n) is 7.47. The molecule has 14 heavy (non-hydrogen) atoms. The highest BCUT2D eigenvalue weighted by Crippen LogP contribution is 2.16. The van der Waals surface area contributed by atoms with Crippen molar-refractivity contribution < 1.29 is 14.6 Å². The lowest BCUT2D eigenvalue weighted by molar-refractivity contribution is 0.0146. The normalized spacial score (nSPS) is 15.1. The molecule has 0 bridgehead atoms. The molecule has 1 aromatic rings. The van der Waals surface area contributed by atoms with Gasteiger partial charge in [-0.3, -0.25) is 4.98 Å². The van der Waals surface area contributed by atoms with Gasteiger partial charge in [0.05, 0.1) is 18.0 Å². The molecular formula is C9H12FNO2S. The number of aliphatic hydroxyl groups excluding tert-OH is 2. The number of aromatic nitrogens is 1. The molecule has 78 valence electrons. The molecule has 2 N–H and O–H groups in total. The van der Waals surface area contributed by atoms with Gasteiger partial charge in [0.25, 0.3) is 0 Å². The van der Waals surface area contributed by atoms with Gasteiger partial charge < -0.3 is 10.2 Å². The van der Waals surface area contributed by atoms with Gasteiger partial charge in [-0.2, -0.15) is 12.6 Å². The van der Waals surface area contributed by atoms with E-state index in [9.17, 15) is 14.6 Å². The maximum Gasteiger partial charge on any atom is 0.141 e. The van der Waals surface area contributed by atoms with E-state index in [-0.39, 0.29) is 5.69 Å². The zero-order valence-corrected chi connectivity index (χ0v) is 8.36. The molecule has 2 atom stereocenters. The number of hydrogen-bond donors (Lipinski definition) is 3. The van der Waals surface area contributed by atoms with Gasteiger partial charge in [-0.05, 0) is 24.3 Å². The Bertz CT molecular complexity index is 281. The number of nitrogens with zero attached hydrogens (tertiary/aromatic N) is 1. The monoisotopic (exact) mass is 217 g/mol. The molecule has 0 aliphatic heterocycles. The average Bonchev–Trinajstić information content (AvgIpc) is 2.18. The summed E-state index contributed by atoms with van der Waals surface area (Å²) in [4.78, 5) is 3.67. The first kappa shape index (κ1) is 11.4. The van der Waals surface area contributed by atoms with E-state index in [0.717, 1.165) is 6.20 Å². The summed E-state index contributed by atoms with van der Waals surface area (Å²) >= 11 is 3.93. The minimum Gasteiger partial charge on any atom is -0.390 e. The number of thiol groups is 1.